The number of ketones is 1. The number of alkyl halides is 1. The maximum absolute atomic E-state index is 11.5. The number of nitrogens with one attached hydrogen (secondary N) is 1. The smallest absolute Gasteiger partial charge is 0.408 e. The van der Waals surface area contributed by atoms with Crippen LogP contribution < -0.4 is 5.76 Å². The number of hydrogen-bond donors (Lipinski definition) is 1. The Morgan fingerprint density at radius 2 is 2.27 bits per heavy atom. The van der Waals surface area contributed by atoms with Crippen LogP contribution in [0.4, 0.5) is 0 Å². The molecule has 15 heavy (non-hydrogen) atoms. The van der Waals surface area contributed by atoms with Gasteiger partial charge in [0, 0.05) is 17.9 Å². The first-order chi connectivity index (χ1) is 7.20. The highest BCUT2D eigenvalue weighted by Gasteiger charge is 2.07. The molecule has 1 heterocycles. The molecule has 0 saturated carbocycles. The Balaban J connectivity index is 2.46. The van der Waals surface area contributed by atoms with Crippen molar-refractivity contribution in [2.75, 3.05) is 5.88 Å². The van der Waals surface area contributed by atoms with Gasteiger partial charge in [0.25, 0.3) is 0 Å². The molecule has 0 aliphatic rings. The lowest BCUT2D eigenvalue weighted by molar-refractivity contribution is 0.0989. The highest BCUT2D eigenvalue weighted by atomic mass is 35.5. The molecular weight excluding hydrogens is 218 g/mol. The van der Waals surface area contributed by atoms with E-state index < -0.39 is 5.76 Å². The molecule has 0 spiro atoms. The number of Topliss-reactive ketones (excluding diaryl/α,β-unsaturated/α-hetero) is 1. The fourth-order valence-corrected chi connectivity index (χ4v) is 1.53. The average Bonchev–Trinajstić information content (AvgIpc) is 2.57. The standard InChI is InChI=1S/C10H8ClNO3/c11-4-3-8(13)6-1-2-9-7(5-6)12-10(14)15-9/h1-2,5H,3-4H2,(H,12,14). The summed E-state index contributed by atoms with van der Waals surface area (Å²) < 4.78 is 4.81. The van der Waals surface area contributed by atoms with Crippen molar-refractivity contribution in [2.24, 2.45) is 0 Å². The molecule has 0 atom stereocenters. The Labute approximate surface area is 89.8 Å². The van der Waals surface area contributed by atoms with E-state index in [0.717, 1.165) is 0 Å². The summed E-state index contributed by atoms with van der Waals surface area (Å²) in [5, 5.41) is 0. The topological polar surface area (TPSA) is 63.1 Å². The minimum absolute atomic E-state index is 0.0473. The molecule has 4 nitrogen and oxygen atoms in total. The Bertz CT molecular complexity index is 555. The Kier molecular flexibility index (Phi) is 2.60. The second kappa shape index (κ2) is 3.90. The van der Waals surface area contributed by atoms with Crippen LogP contribution in [0.2, 0.25) is 0 Å². The zero-order chi connectivity index (χ0) is 10.8. The van der Waals surface area contributed by atoms with Crippen LogP contribution in [0.1, 0.15) is 16.8 Å². The molecule has 0 aliphatic heterocycles. The number of aromatic amines is 1. The van der Waals surface area contributed by atoms with E-state index in [1.165, 1.54) is 0 Å². The first-order valence-corrected chi connectivity index (χ1v) is 4.96. The van der Waals surface area contributed by atoms with Crippen LogP contribution in [0.25, 0.3) is 11.1 Å². The van der Waals surface area contributed by atoms with Gasteiger partial charge < -0.3 is 4.42 Å². The number of benzene rings is 1. The first kappa shape index (κ1) is 9.98. The van der Waals surface area contributed by atoms with Crippen LogP contribution in [0.5, 0.6) is 0 Å². The molecule has 2 rings (SSSR count). The predicted molar refractivity (Wildman–Crippen MR) is 56.5 cm³/mol. The van der Waals surface area contributed by atoms with E-state index in [-0.39, 0.29) is 12.2 Å². The van der Waals surface area contributed by atoms with Gasteiger partial charge in [-0.15, -0.1) is 11.6 Å². The normalized spacial score (nSPS) is 10.7. The molecule has 0 unspecified atom stereocenters. The number of rotatable bonds is 3. The number of H-pyrrole nitrogens is 1. The summed E-state index contributed by atoms with van der Waals surface area (Å²) >= 11 is 5.47. The molecule has 1 aromatic carbocycles. The summed E-state index contributed by atoms with van der Waals surface area (Å²) in [6.45, 7) is 0. The monoisotopic (exact) mass is 225 g/mol. The van der Waals surface area contributed by atoms with E-state index in [9.17, 15) is 9.59 Å². The SMILES string of the molecule is O=C(CCCl)c1ccc2oc(=O)[nH]c2c1. The van der Waals surface area contributed by atoms with Crippen molar-refractivity contribution in [3.63, 3.8) is 0 Å². The fourth-order valence-electron chi connectivity index (χ4n) is 1.36. The lowest BCUT2D eigenvalue weighted by atomic mass is 10.1. The van der Waals surface area contributed by atoms with Gasteiger partial charge >= 0.3 is 5.76 Å². The minimum atomic E-state index is -0.521. The van der Waals surface area contributed by atoms with Crippen molar-refractivity contribution in [3.8, 4) is 0 Å². The largest absolute Gasteiger partial charge is 0.417 e. The van der Waals surface area contributed by atoms with Crippen molar-refractivity contribution in [2.45, 2.75) is 6.42 Å². The van der Waals surface area contributed by atoms with Crippen LogP contribution in [-0.2, 0) is 0 Å². The summed E-state index contributed by atoms with van der Waals surface area (Å²) in [6, 6.07) is 4.80. The third-order valence-electron chi connectivity index (χ3n) is 2.06. The maximum atomic E-state index is 11.5. The minimum Gasteiger partial charge on any atom is -0.408 e. The van der Waals surface area contributed by atoms with E-state index in [4.69, 9.17) is 16.0 Å². The van der Waals surface area contributed by atoms with Crippen LogP contribution in [-0.4, -0.2) is 16.6 Å². The predicted octanol–water partition coefficient (Wildman–Crippen LogP) is 1.93. The molecule has 78 valence electrons. The van der Waals surface area contributed by atoms with Crippen LogP contribution in [0.15, 0.2) is 27.4 Å². The van der Waals surface area contributed by atoms with Crippen molar-refractivity contribution in [1.82, 2.24) is 4.98 Å². The number of carbonyl (C=O) groups excluding carboxylic acids is 1. The van der Waals surface area contributed by atoms with Crippen LogP contribution >= 0.6 is 11.6 Å². The van der Waals surface area contributed by atoms with Crippen molar-refractivity contribution < 1.29 is 9.21 Å². The highest BCUT2D eigenvalue weighted by Crippen LogP contribution is 2.13. The molecule has 2 aromatic rings. The number of aromatic nitrogens is 1. The van der Waals surface area contributed by atoms with Crippen molar-refractivity contribution in [1.29, 1.82) is 0 Å². The van der Waals surface area contributed by atoms with Gasteiger partial charge in [-0.25, -0.2) is 4.79 Å². The van der Waals surface area contributed by atoms with E-state index >= 15 is 0 Å². The summed E-state index contributed by atoms with van der Waals surface area (Å²) in [6.07, 6.45) is 0.287. The third-order valence-corrected chi connectivity index (χ3v) is 2.25. The number of oxazole rings is 1. The van der Waals surface area contributed by atoms with Crippen LogP contribution in [0.3, 0.4) is 0 Å². The zero-order valence-corrected chi connectivity index (χ0v) is 8.50. The van der Waals surface area contributed by atoms with Gasteiger partial charge in [0.2, 0.25) is 0 Å². The molecule has 0 saturated heterocycles. The van der Waals surface area contributed by atoms with Crippen LogP contribution in [0, 0.1) is 0 Å². The van der Waals surface area contributed by atoms with E-state index in [0.29, 0.717) is 22.5 Å². The summed E-state index contributed by atoms with van der Waals surface area (Å²) in [5.41, 5.74) is 1.50. The molecule has 1 N–H and O–H groups in total. The van der Waals surface area contributed by atoms with Gasteiger partial charge in [-0.05, 0) is 18.2 Å². The van der Waals surface area contributed by atoms with Gasteiger partial charge in [-0.3, -0.25) is 9.78 Å². The highest BCUT2D eigenvalue weighted by molar-refractivity contribution is 6.19. The summed E-state index contributed by atoms with van der Waals surface area (Å²) in [4.78, 5) is 24.8. The molecule has 0 fully saturated rings. The van der Waals surface area contributed by atoms with Crippen molar-refractivity contribution in [3.05, 3.63) is 34.3 Å². The Morgan fingerprint density at radius 3 is 3.00 bits per heavy atom. The lowest BCUT2D eigenvalue weighted by Gasteiger charge is -1.97. The lowest BCUT2D eigenvalue weighted by Crippen LogP contribution is -1.99. The zero-order valence-electron chi connectivity index (χ0n) is 7.75. The van der Waals surface area contributed by atoms with Gasteiger partial charge in [-0.1, -0.05) is 0 Å². The number of fused-ring (bicyclic) bond motifs is 1. The quantitative estimate of drug-likeness (QED) is 0.641. The molecule has 5 heteroatoms. The number of carbonyl (C=O) groups is 1. The molecular formula is C10H8ClNO3. The average molecular weight is 226 g/mol. The fraction of sp³-hybridized carbons (Fsp3) is 0.200. The number of halogens is 1. The van der Waals surface area contributed by atoms with E-state index in [1.807, 2.05) is 0 Å². The Hall–Kier alpha value is -1.55. The number of hydrogen-bond acceptors (Lipinski definition) is 3. The van der Waals surface area contributed by atoms with Crippen molar-refractivity contribution >= 4 is 28.5 Å². The Morgan fingerprint density at radius 1 is 1.47 bits per heavy atom. The molecule has 0 radical (unpaired) electrons. The molecule has 0 amide bonds. The summed E-state index contributed by atoms with van der Waals surface area (Å²) in [7, 11) is 0. The molecule has 1 aromatic heterocycles. The molecule has 0 bridgehead atoms. The summed E-state index contributed by atoms with van der Waals surface area (Å²) in [5.74, 6) is -0.278. The molecule has 0 aliphatic carbocycles. The maximum Gasteiger partial charge on any atom is 0.417 e. The van der Waals surface area contributed by atoms with Gasteiger partial charge in [0.1, 0.15) is 0 Å². The van der Waals surface area contributed by atoms with Gasteiger partial charge in [0.05, 0.1) is 5.52 Å². The second-order valence-corrected chi connectivity index (χ2v) is 3.47. The van der Waals surface area contributed by atoms with E-state index in [2.05, 4.69) is 4.98 Å². The van der Waals surface area contributed by atoms with Gasteiger partial charge in [0.15, 0.2) is 11.4 Å². The van der Waals surface area contributed by atoms with Gasteiger partial charge in [-0.2, -0.15) is 0 Å². The van der Waals surface area contributed by atoms with E-state index in [1.54, 1.807) is 18.2 Å². The third kappa shape index (κ3) is 1.94. The second-order valence-electron chi connectivity index (χ2n) is 3.09. The first-order valence-electron chi connectivity index (χ1n) is 4.43.